The van der Waals surface area contributed by atoms with Gasteiger partial charge in [-0.05, 0) is 24.1 Å². The van der Waals surface area contributed by atoms with Crippen molar-refractivity contribution in [1.82, 2.24) is 9.55 Å². The zero-order valence-corrected chi connectivity index (χ0v) is 9.57. The summed E-state index contributed by atoms with van der Waals surface area (Å²) in [5.74, 6) is 0.449. The van der Waals surface area contributed by atoms with Crippen molar-refractivity contribution in [2.45, 2.75) is 19.8 Å². The molecule has 0 spiro atoms. The van der Waals surface area contributed by atoms with E-state index in [9.17, 15) is 0 Å². The van der Waals surface area contributed by atoms with Crippen molar-refractivity contribution < 1.29 is 0 Å². The lowest BCUT2D eigenvalue weighted by Crippen LogP contribution is -1.89. The highest BCUT2D eigenvalue weighted by molar-refractivity contribution is 6.30. The number of hydrogen-bond donors (Lipinski definition) is 0. The van der Waals surface area contributed by atoms with E-state index in [4.69, 9.17) is 11.6 Å². The molecule has 15 heavy (non-hydrogen) atoms. The van der Waals surface area contributed by atoms with Crippen LogP contribution in [0.3, 0.4) is 0 Å². The normalized spacial score (nSPS) is 10.9. The van der Waals surface area contributed by atoms with E-state index in [1.807, 2.05) is 41.4 Å². The van der Waals surface area contributed by atoms with Gasteiger partial charge in [-0.25, -0.2) is 4.98 Å². The molecule has 3 heteroatoms. The van der Waals surface area contributed by atoms with E-state index in [2.05, 4.69) is 18.8 Å². The van der Waals surface area contributed by atoms with Gasteiger partial charge in [-0.2, -0.15) is 0 Å². The topological polar surface area (TPSA) is 17.8 Å². The molecule has 0 aliphatic carbocycles. The molecule has 1 aromatic heterocycles. The Kier molecular flexibility index (Phi) is 2.78. The van der Waals surface area contributed by atoms with Crippen LogP contribution in [0.2, 0.25) is 5.02 Å². The van der Waals surface area contributed by atoms with Crippen molar-refractivity contribution in [1.29, 1.82) is 0 Å². The zero-order valence-electron chi connectivity index (χ0n) is 8.81. The molecule has 0 radical (unpaired) electrons. The van der Waals surface area contributed by atoms with Crippen LogP contribution in [0, 0.1) is 0 Å². The van der Waals surface area contributed by atoms with Crippen molar-refractivity contribution in [3.63, 3.8) is 0 Å². The Labute approximate surface area is 94.5 Å². The Morgan fingerprint density at radius 1 is 1.33 bits per heavy atom. The van der Waals surface area contributed by atoms with E-state index >= 15 is 0 Å². The Bertz CT molecular complexity index is 460. The van der Waals surface area contributed by atoms with Gasteiger partial charge >= 0.3 is 0 Å². The fourth-order valence-electron chi connectivity index (χ4n) is 1.41. The summed E-state index contributed by atoms with van der Waals surface area (Å²) in [5.41, 5.74) is 2.14. The molecular weight excluding hydrogens is 208 g/mol. The van der Waals surface area contributed by atoms with Crippen LogP contribution in [0.15, 0.2) is 36.8 Å². The molecule has 0 atom stereocenters. The summed E-state index contributed by atoms with van der Waals surface area (Å²) < 4.78 is 1.99. The van der Waals surface area contributed by atoms with Crippen LogP contribution in [-0.2, 0) is 0 Å². The van der Waals surface area contributed by atoms with Crippen molar-refractivity contribution >= 4 is 11.6 Å². The van der Waals surface area contributed by atoms with E-state index in [1.165, 1.54) is 0 Å². The molecule has 0 saturated carbocycles. The second-order valence-electron chi connectivity index (χ2n) is 3.84. The number of rotatable bonds is 2. The van der Waals surface area contributed by atoms with Crippen LogP contribution in [-0.4, -0.2) is 9.55 Å². The van der Waals surface area contributed by atoms with E-state index in [1.54, 1.807) is 0 Å². The fraction of sp³-hybridized carbons (Fsp3) is 0.250. The molecule has 0 aliphatic heterocycles. The van der Waals surface area contributed by atoms with Crippen LogP contribution in [0.1, 0.15) is 25.5 Å². The lowest BCUT2D eigenvalue weighted by atomic mass is 10.2. The molecule has 1 heterocycles. The standard InChI is InChI=1S/C12H13ClN2/c1-9(2)12-7-15(8-14-12)11-5-3-4-10(13)6-11/h3-9H,1-2H3. The first-order chi connectivity index (χ1) is 7.16. The number of aromatic nitrogens is 2. The van der Waals surface area contributed by atoms with Gasteiger partial charge in [-0.1, -0.05) is 31.5 Å². The van der Waals surface area contributed by atoms with E-state index in [0.717, 1.165) is 16.4 Å². The maximum absolute atomic E-state index is 5.93. The minimum atomic E-state index is 0.449. The lowest BCUT2D eigenvalue weighted by molar-refractivity contribution is 0.831. The molecule has 0 fully saturated rings. The first-order valence-corrected chi connectivity index (χ1v) is 5.34. The number of halogens is 1. The van der Waals surface area contributed by atoms with Gasteiger partial charge in [0.15, 0.2) is 0 Å². The third kappa shape index (κ3) is 2.21. The summed E-state index contributed by atoms with van der Waals surface area (Å²) in [5, 5.41) is 0.743. The molecule has 0 saturated heterocycles. The second kappa shape index (κ2) is 4.07. The van der Waals surface area contributed by atoms with Crippen molar-refractivity contribution in [3.8, 4) is 5.69 Å². The van der Waals surface area contributed by atoms with Crippen LogP contribution < -0.4 is 0 Å². The molecule has 78 valence electrons. The monoisotopic (exact) mass is 220 g/mol. The first-order valence-electron chi connectivity index (χ1n) is 4.96. The van der Waals surface area contributed by atoms with Crippen molar-refractivity contribution in [2.75, 3.05) is 0 Å². The molecule has 0 unspecified atom stereocenters. The largest absolute Gasteiger partial charge is 0.306 e. The van der Waals surface area contributed by atoms with Gasteiger partial charge < -0.3 is 4.57 Å². The molecule has 0 aliphatic rings. The molecular formula is C12H13ClN2. The number of hydrogen-bond acceptors (Lipinski definition) is 1. The summed E-state index contributed by atoms with van der Waals surface area (Å²) in [6.45, 7) is 4.26. The van der Waals surface area contributed by atoms with Crippen LogP contribution >= 0.6 is 11.6 Å². The molecule has 2 nitrogen and oxygen atoms in total. The lowest BCUT2D eigenvalue weighted by Gasteiger charge is -2.02. The maximum atomic E-state index is 5.93. The SMILES string of the molecule is CC(C)c1cn(-c2cccc(Cl)c2)cn1. The highest BCUT2D eigenvalue weighted by Crippen LogP contribution is 2.17. The van der Waals surface area contributed by atoms with Crippen molar-refractivity contribution in [2.24, 2.45) is 0 Å². The van der Waals surface area contributed by atoms with Gasteiger partial charge in [0.2, 0.25) is 0 Å². The van der Waals surface area contributed by atoms with Gasteiger partial charge in [0, 0.05) is 16.9 Å². The summed E-state index contributed by atoms with van der Waals surface area (Å²) in [7, 11) is 0. The predicted octanol–water partition coefficient (Wildman–Crippen LogP) is 3.65. The Morgan fingerprint density at radius 3 is 2.73 bits per heavy atom. The Hall–Kier alpha value is -1.28. The van der Waals surface area contributed by atoms with Gasteiger partial charge in [-0.15, -0.1) is 0 Å². The number of nitrogens with zero attached hydrogens (tertiary/aromatic N) is 2. The second-order valence-corrected chi connectivity index (χ2v) is 4.28. The molecule has 2 aromatic rings. The summed E-state index contributed by atoms with van der Waals surface area (Å²) >= 11 is 5.93. The van der Waals surface area contributed by atoms with Crippen LogP contribution in [0.4, 0.5) is 0 Å². The predicted molar refractivity (Wildman–Crippen MR) is 62.7 cm³/mol. The van der Waals surface area contributed by atoms with E-state index < -0.39 is 0 Å². The molecule has 0 bridgehead atoms. The smallest absolute Gasteiger partial charge is 0.0995 e. The highest BCUT2D eigenvalue weighted by atomic mass is 35.5. The van der Waals surface area contributed by atoms with Crippen LogP contribution in [0.5, 0.6) is 0 Å². The first kappa shape index (κ1) is 10.2. The molecule has 2 rings (SSSR count). The summed E-state index contributed by atoms with van der Waals surface area (Å²) in [4.78, 5) is 4.34. The third-order valence-electron chi connectivity index (χ3n) is 2.30. The Morgan fingerprint density at radius 2 is 2.13 bits per heavy atom. The van der Waals surface area contributed by atoms with Gasteiger partial charge in [0.1, 0.15) is 0 Å². The van der Waals surface area contributed by atoms with E-state index in [0.29, 0.717) is 5.92 Å². The molecule has 1 aromatic carbocycles. The number of benzene rings is 1. The average molecular weight is 221 g/mol. The van der Waals surface area contributed by atoms with E-state index in [-0.39, 0.29) is 0 Å². The highest BCUT2D eigenvalue weighted by Gasteiger charge is 2.04. The Balaban J connectivity index is 2.37. The minimum Gasteiger partial charge on any atom is -0.306 e. The molecule has 0 N–H and O–H groups in total. The average Bonchev–Trinajstić information content (AvgIpc) is 2.66. The third-order valence-corrected chi connectivity index (χ3v) is 2.54. The fourth-order valence-corrected chi connectivity index (χ4v) is 1.60. The summed E-state index contributed by atoms with van der Waals surface area (Å²) in [6.07, 6.45) is 3.86. The quantitative estimate of drug-likeness (QED) is 0.756. The van der Waals surface area contributed by atoms with Crippen molar-refractivity contribution in [3.05, 3.63) is 47.5 Å². The minimum absolute atomic E-state index is 0.449. The van der Waals surface area contributed by atoms with Gasteiger partial charge in [-0.3, -0.25) is 0 Å². The van der Waals surface area contributed by atoms with Gasteiger partial charge in [0.05, 0.1) is 12.0 Å². The zero-order chi connectivity index (χ0) is 10.8. The maximum Gasteiger partial charge on any atom is 0.0995 e. The molecule has 0 amide bonds. The summed E-state index contributed by atoms with van der Waals surface area (Å²) in [6, 6.07) is 7.74. The van der Waals surface area contributed by atoms with Crippen LogP contribution in [0.25, 0.3) is 5.69 Å². The van der Waals surface area contributed by atoms with Gasteiger partial charge in [0.25, 0.3) is 0 Å². The number of imidazole rings is 1.